The third-order valence-corrected chi connectivity index (χ3v) is 11.1. The quantitative estimate of drug-likeness (QED) is 0.0573. The molecule has 3 atom stereocenters. The highest BCUT2D eigenvalue weighted by atomic mass is 35.5. The van der Waals surface area contributed by atoms with Crippen molar-refractivity contribution in [2.24, 2.45) is 0 Å². The van der Waals surface area contributed by atoms with Crippen molar-refractivity contribution < 1.29 is 56.9 Å². The third-order valence-electron chi connectivity index (χ3n) is 9.29. The lowest BCUT2D eigenvalue weighted by Crippen LogP contribution is -2.45. The number of aryl methyl sites for hydroxylation is 2. The summed E-state index contributed by atoms with van der Waals surface area (Å²) in [4.78, 5) is 66.1. The van der Waals surface area contributed by atoms with Crippen molar-refractivity contribution in [3.63, 3.8) is 0 Å². The number of anilines is 1. The Bertz CT molecular complexity index is 2420. The second kappa shape index (κ2) is 30.9. The zero-order valence-corrected chi connectivity index (χ0v) is 48.6. The van der Waals surface area contributed by atoms with Gasteiger partial charge in [-0.3, -0.25) is 19.7 Å². The van der Waals surface area contributed by atoms with Crippen LogP contribution in [0.15, 0.2) is 62.4 Å². The molecule has 1 aliphatic heterocycles. The average molecular weight is 1150 g/mol. The summed E-state index contributed by atoms with van der Waals surface area (Å²) in [6.07, 6.45) is 7.98. The number of carbonyl (C=O) groups is 3. The lowest BCUT2D eigenvalue weighted by molar-refractivity contribution is -0.193. The summed E-state index contributed by atoms with van der Waals surface area (Å²) in [6, 6.07) is 12.7. The Balaban J connectivity index is 0.000000481. The number of carbonyl (C=O) groups excluding carboxylic acids is 2. The largest absolute Gasteiger partial charge is 0.778 e. The lowest BCUT2D eigenvalue weighted by atomic mass is 9.97. The van der Waals surface area contributed by atoms with Crippen molar-refractivity contribution >= 4 is 100.0 Å². The van der Waals surface area contributed by atoms with Crippen LogP contribution in [0.2, 0.25) is 10.0 Å². The molecule has 2 amide bonds. The number of ether oxygens (including phenoxy) is 3. The molecule has 1 aliphatic rings. The number of hydrogen-bond acceptors (Lipinski definition) is 13. The smallest absolute Gasteiger partial charge is 0.442 e. The average Bonchev–Trinajstić information content (AvgIpc) is 4.01. The van der Waals surface area contributed by atoms with Crippen LogP contribution in [0, 0.1) is 6.92 Å². The van der Waals surface area contributed by atoms with Gasteiger partial charge in [0.15, 0.2) is 4.84 Å². The van der Waals surface area contributed by atoms with Crippen molar-refractivity contribution in [1.29, 1.82) is 0 Å². The first-order valence-electron chi connectivity index (χ1n) is 22.2. The Kier molecular flexibility index (Phi) is 28.6. The monoisotopic (exact) mass is 1150 g/mol. The molecule has 0 radical (unpaired) electrons. The number of amides is 2. The molecule has 2 aromatic carbocycles. The highest BCUT2D eigenvalue weighted by molar-refractivity contribution is 7.94. The van der Waals surface area contributed by atoms with E-state index in [9.17, 15) is 28.6 Å². The molecule has 25 heteroatoms. The molecule has 0 spiro atoms. The van der Waals surface area contributed by atoms with Gasteiger partial charge in [-0.05, 0) is 88.2 Å². The molecule has 0 bridgehead atoms. The van der Waals surface area contributed by atoms with Gasteiger partial charge in [0.2, 0.25) is 11.8 Å². The molecule has 1 fully saturated rings. The van der Waals surface area contributed by atoms with Gasteiger partial charge in [0, 0.05) is 18.6 Å². The number of para-hydroxylation sites is 1. The van der Waals surface area contributed by atoms with E-state index >= 15 is 0 Å². The van der Waals surface area contributed by atoms with E-state index < -0.39 is 42.7 Å². The Labute approximate surface area is 450 Å². The molecule has 1 saturated heterocycles. The molecule has 3 N–H and O–H groups in total. The maximum Gasteiger partial charge on any atom is 0.442 e. The minimum absolute atomic E-state index is 0.0223. The van der Waals surface area contributed by atoms with Gasteiger partial charge in [0.25, 0.3) is 5.91 Å². The van der Waals surface area contributed by atoms with Crippen LogP contribution in [0.5, 0.6) is 5.75 Å². The van der Waals surface area contributed by atoms with Crippen molar-refractivity contribution in [2.45, 2.75) is 110 Å². The number of alkyl halides is 3. The van der Waals surface area contributed by atoms with Crippen molar-refractivity contribution in [3.8, 4) is 11.4 Å². The van der Waals surface area contributed by atoms with Gasteiger partial charge in [-0.25, -0.2) is 4.79 Å². The number of carboxylic acids is 1. The zero-order valence-electron chi connectivity index (χ0n) is 43.1. The standard InChI is InChI=1S/C15H18Cl2N2O3.C15H22ClNO2.C11H13Cl2NO3.C3H8NO5P.C3H9S/c1-8(2)21-12-7-11(9(16)6-10(12)17)19-14(20)22-13(18-19)15(3,4)5;1-5-13-8-6-7-11(2)15(13)17(14(18)9-16)12(3)10-19-4;1-11(2)14(10(15)9(12)13)6-8(17-11)7-4-3-5-16-7;5-3(6)1-4-2-10(7,8)9;1-4(2)3/h6-8H,1-5H3;6-8,12H,5,9-10H2,1-4H3;3-5,8-9H,6H2,1-2H3;4H,1-2H2,(H,5,6)(H2,7,8,9);1-3H3/q;;;;+1/p-1. The molecule has 406 valence electrons. The van der Waals surface area contributed by atoms with E-state index in [1.165, 1.54) is 11.0 Å². The molecular formula is C47H69Cl5N5O13PS. The Hall–Kier alpha value is -3.30. The fraction of sp³-hybridized carbons (Fsp3) is 0.553. The first kappa shape index (κ1) is 66.7. The molecule has 5 rings (SSSR count). The number of aliphatic carboxylic acids is 1. The minimum atomic E-state index is -4.35. The van der Waals surface area contributed by atoms with Gasteiger partial charge in [-0.1, -0.05) is 92.3 Å². The summed E-state index contributed by atoms with van der Waals surface area (Å²) in [5, 5.41) is 14.8. The van der Waals surface area contributed by atoms with Gasteiger partial charge in [0.05, 0.1) is 84.6 Å². The highest BCUT2D eigenvalue weighted by Gasteiger charge is 2.45. The van der Waals surface area contributed by atoms with E-state index in [4.69, 9.17) is 91.0 Å². The number of rotatable bonds is 15. The fourth-order valence-corrected chi connectivity index (χ4v) is 7.58. The maximum absolute atomic E-state index is 12.2. The van der Waals surface area contributed by atoms with Crippen LogP contribution in [0.3, 0.4) is 0 Å². The van der Waals surface area contributed by atoms with Gasteiger partial charge in [-0.15, -0.1) is 16.7 Å². The maximum atomic E-state index is 12.2. The molecule has 3 heterocycles. The summed E-state index contributed by atoms with van der Waals surface area (Å²) in [6.45, 7) is 19.5. The van der Waals surface area contributed by atoms with Crippen molar-refractivity contribution in [1.82, 2.24) is 20.0 Å². The molecular weight excluding hydrogens is 1080 g/mol. The Morgan fingerprint density at radius 2 is 1.69 bits per heavy atom. The number of halogens is 5. The second-order valence-electron chi connectivity index (χ2n) is 18.0. The molecule has 4 aromatic rings. The van der Waals surface area contributed by atoms with E-state index in [-0.39, 0.29) is 46.4 Å². The molecule has 18 nitrogen and oxygen atoms in total. The van der Waals surface area contributed by atoms with Gasteiger partial charge in [0.1, 0.15) is 36.8 Å². The number of nitrogens with one attached hydrogen (secondary N) is 1. The third kappa shape index (κ3) is 22.7. The molecule has 0 saturated carbocycles. The molecule has 72 heavy (non-hydrogen) atoms. The first-order valence-corrected chi connectivity index (χ1v) is 28.6. The van der Waals surface area contributed by atoms with Crippen molar-refractivity contribution in [2.75, 3.05) is 62.6 Å². The van der Waals surface area contributed by atoms with Crippen LogP contribution in [0.4, 0.5) is 5.69 Å². The summed E-state index contributed by atoms with van der Waals surface area (Å²) in [7, 11) is -2.07. The Morgan fingerprint density at radius 3 is 2.15 bits per heavy atom. The van der Waals surface area contributed by atoms with E-state index in [0.717, 1.165) is 27.9 Å². The number of methoxy groups -OCH3 is 1. The first-order chi connectivity index (χ1) is 33.2. The molecule has 0 aliphatic carbocycles. The Morgan fingerprint density at radius 1 is 1.08 bits per heavy atom. The highest BCUT2D eigenvalue weighted by Crippen LogP contribution is 2.37. The van der Waals surface area contributed by atoms with E-state index in [1.54, 1.807) is 44.3 Å². The lowest BCUT2D eigenvalue weighted by Gasteiger charge is -2.31. The summed E-state index contributed by atoms with van der Waals surface area (Å²) < 4.78 is 38.1. The number of nitrogens with zero attached hydrogens (tertiary/aromatic N) is 4. The van der Waals surface area contributed by atoms with E-state index in [2.05, 4.69) is 36.9 Å². The predicted molar refractivity (Wildman–Crippen MR) is 286 cm³/mol. The zero-order chi connectivity index (χ0) is 55.5. The summed E-state index contributed by atoms with van der Waals surface area (Å²) in [5.74, 6) is -0.793. The normalized spacial score (nSPS) is 15.2. The van der Waals surface area contributed by atoms with E-state index in [1.807, 2.05) is 72.0 Å². The summed E-state index contributed by atoms with van der Waals surface area (Å²) >= 11 is 29.3. The number of carboxylic acid groups (broad SMARTS) is 1. The van der Waals surface area contributed by atoms with Gasteiger partial charge < -0.3 is 52.3 Å². The van der Waals surface area contributed by atoms with Crippen LogP contribution in [-0.4, -0.2) is 123 Å². The number of furan rings is 1. The molecule has 2 aromatic heterocycles. The second-order valence-corrected chi connectivity index (χ2v) is 24.3. The SMILES string of the molecule is CC(C)Oc1cc(-n2nc(C(C)(C)C)oc2=O)c(Cl)cc1Cl.CC1(C)OC(c2ccco2)CN1C(=O)C(Cl)Cl.CCc1cccc(C)c1N(C(=O)CCl)C(C)COC.C[S+](C)C.O=C(O)CNCP(=O)([O-])O. The van der Waals surface area contributed by atoms with Crippen LogP contribution < -0.4 is 25.6 Å². The number of hydrogen-bond donors (Lipinski definition) is 3. The van der Waals surface area contributed by atoms with E-state index in [0.29, 0.717) is 52.2 Å². The number of benzene rings is 2. The van der Waals surface area contributed by atoms with Crippen LogP contribution in [0.25, 0.3) is 5.69 Å². The molecule has 3 unspecified atom stereocenters. The topological polar surface area (TPSA) is 239 Å². The van der Waals surface area contributed by atoms with Crippen LogP contribution in [0.1, 0.15) is 91.2 Å². The minimum Gasteiger partial charge on any atom is -0.778 e. The van der Waals surface area contributed by atoms with Crippen molar-refractivity contribution in [3.05, 3.63) is 92.1 Å². The van der Waals surface area contributed by atoms with Crippen LogP contribution in [-0.2, 0) is 51.2 Å². The van der Waals surface area contributed by atoms with Crippen LogP contribution >= 0.6 is 65.6 Å². The fourth-order valence-electron chi connectivity index (χ4n) is 6.31. The number of aromatic nitrogens is 2. The van der Waals surface area contributed by atoms with Gasteiger partial charge in [-0.2, -0.15) is 4.68 Å². The van der Waals surface area contributed by atoms with Gasteiger partial charge >= 0.3 is 11.7 Å². The summed E-state index contributed by atoms with van der Waals surface area (Å²) in [5.41, 5.74) is 2.45. The predicted octanol–water partition coefficient (Wildman–Crippen LogP) is 8.76.